The maximum Gasteiger partial charge on any atom is 0.309 e. The minimum absolute atomic E-state index is 0.0164. The number of benzene rings is 1. The van der Waals surface area contributed by atoms with E-state index in [1.807, 2.05) is 32.0 Å². The Hall–Kier alpha value is -2.28. The van der Waals surface area contributed by atoms with Gasteiger partial charge in [0.1, 0.15) is 0 Å². The Kier molecular flexibility index (Phi) is 5.98. The number of nitrogens with zero attached hydrogens (tertiary/aromatic N) is 1. The van der Waals surface area contributed by atoms with E-state index in [-0.39, 0.29) is 30.6 Å². The van der Waals surface area contributed by atoms with Crippen molar-refractivity contribution in [3.05, 3.63) is 23.8 Å². The van der Waals surface area contributed by atoms with E-state index in [9.17, 15) is 9.59 Å². The Balaban J connectivity index is 1.45. The van der Waals surface area contributed by atoms with Crippen molar-refractivity contribution in [3.8, 4) is 11.5 Å². The zero-order chi connectivity index (χ0) is 18.5. The summed E-state index contributed by atoms with van der Waals surface area (Å²) in [6.45, 7) is 6.27. The predicted molar refractivity (Wildman–Crippen MR) is 94.8 cm³/mol. The molecule has 1 saturated heterocycles. The summed E-state index contributed by atoms with van der Waals surface area (Å²) in [7, 11) is 0. The molecule has 0 unspecified atom stereocenters. The van der Waals surface area contributed by atoms with E-state index in [2.05, 4.69) is 10.2 Å². The molecule has 1 aromatic carbocycles. The summed E-state index contributed by atoms with van der Waals surface area (Å²) in [6.07, 6.45) is 1.47. The fourth-order valence-electron chi connectivity index (χ4n) is 3.34. The molecular weight excluding hydrogens is 336 g/mol. The van der Waals surface area contributed by atoms with Crippen LogP contribution in [0.2, 0.25) is 0 Å². The van der Waals surface area contributed by atoms with E-state index in [1.54, 1.807) is 0 Å². The van der Waals surface area contributed by atoms with E-state index in [0.717, 1.165) is 37.2 Å². The van der Waals surface area contributed by atoms with Gasteiger partial charge in [-0.25, -0.2) is 0 Å². The lowest BCUT2D eigenvalue weighted by molar-refractivity contribution is -0.149. The molecule has 0 radical (unpaired) electrons. The number of hydrogen-bond acceptors (Lipinski definition) is 6. The molecule has 1 amide bonds. The maximum absolute atomic E-state index is 12.5. The van der Waals surface area contributed by atoms with Crippen molar-refractivity contribution in [2.24, 2.45) is 5.92 Å². The number of hydrogen-bond donors (Lipinski definition) is 1. The lowest BCUT2D eigenvalue weighted by Crippen LogP contribution is -2.48. The topological polar surface area (TPSA) is 77.1 Å². The molecule has 1 aromatic rings. The first-order valence-electron chi connectivity index (χ1n) is 9.15. The number of esters is 1. The number of rotatable bonds is 6. The summed E-state index contributed by atoms with van der Waals surface area (Å²) < 4.78 is 15.7. The molecule has 2 heterocycles. The summed E-state index contributed by atoms with van der Waals surface area (Å²) in [5.41, 5.74) is 0.968. The van der Waals surface area contributed by atoms with E-state index < -0.39 is 0 Å². The first kappa shape index (κ1) is 18.5. The highest BCUT2D eigenvalue weighted by Crippen LogP contribution is 2.32. The Labute approximate surface area is 153 Å². The molecule has 0 saturated carbocycles. The Morgan fingerprint density at radius 2 is 2.00 bits per heavy atom. The molecule has 0 aliphatic carbocycles. The molecule has 7 heteroatoms. The molecule has 2 aliphatic heterocycles. The van der Waals surface area contributed by atoms with Gasteiger partial charge in [0, 0.05) is 6.54 Å². The molecule has 1 fully saturated rings. The molecule has 7 nitrogen and oxygen atoms in total. The molecule has 142 valence electrons. The lowest BCUT2D eigenvalue weighted by atomic mass is 9.96. The third-order valence-corrected chi connectivity index (χ3v) is 4.98. The highest BCUT2D eigenvalue weighted by Gasteiger charge is 2.30. The second-order valence-corrected chi connectivity index (χ2v) is 6.64. The van der Waals surface area contributed by atoms with E-state index >= 15 is 0 Å². The molecular formula is C19H26N2O5. The first-order chi connectivity index (χ1) is 12.6. The van der Waals surface area contributed by atoms with Crippen molar-refractivity contribution in [1.82, 2.24) is 10.2 Å². The third-order valence-electron chi connectivity index (χ3n) is 4.98. The highest BCUT2D eigenvalue weighted by molar-refractivity contribution is 5.81. The van der Waals surface area contributed by atoms with Gasteiger partial charge in [-0.2, -0.15) is 0 Å². The average molecular weight is 362 g/mol. The highest BCUT2D eigenvalue weighted by atomic mass is 16.7. The van der Waals surface area contributed by atoms with Crippen molar-refractivity contribution < 1.29 is 23.8 Å². The fourth-order valence-corrected chi connectivity index (χ4v) is 3.34. The Morgan fingerprint density at radius 3 is 2.73 bits per heavy atom. The first-order valence-corrected chi connectivity index (χ1v) is 9.15. The smallest absolute Gasteiger partial charge is 0.309 e. The number of carbonyl (C=O) groups excluding carboxylic acids is 2. The van der Waals surface area contributed by atoms with Crippen molar-refractivity contribution in [3.63, 3.8) is 0 Å². The van der Waals surface area contributed by atoms with Gasteiger partial charge in [-0.1, -0.05) is 6.07 Å². The van der Waals surface area contributed by atoms with Crippen molar-refractivity contribution in [2.75, 3.05) is 26.5 Å². The van der Waals surface area contributed by atoms with Crippen molar-refractivity contribution >= 4 is 11.9 Å². The Bertz CT molecular complexity index is 655. The van der Waals surface area contributed by atoms with Crippen molar-refractivity contribution in [1.29, 1.82) is 0 Å². The molecule has 0 bridgehead atoms. The van der Waals surface area contributed by atoms with Gasteiger partial charge in [-0.05, 0) is 57.5 Å². The van der Waals surface area contributed by atoms with Crippen LogP contribution in [0.15, 0.2) is 18.2 Å². The van der Waals surface area contributed by atoms with Gasteiger partial charge in [-0.3, -0.25) is 14.5 Å². The monoisotopic (exact) mass is 362 g/mol. The van der Waals surface area contributed by atoms with Gasteiger partial charge in [0.15, 0.2) is 11.5 Å². The number of likely N-dealkylation sites (tertiary alicyclic amines) is 1. The summed E-state index contributed by atoms with van der Waals surface area (Å²) >= 11 is 0. The number of amides is 1. The summed E-state index contributed by atoms with van der Waals surface area (Å²) in [5.74, 6) is 1.27. The van der Waals surface area contributed by atoms with Gasteiger partial charge in [0.25, 0.3) is 0 Å². The minimum Gasteiger partial charge on any atom is -0.466 e. The summed E-state index contributed by atoms with van der Waals surface area (Å²) in [5, 5.41) is 2.97. The minimum atomic E-state index is -0.229. The van der Waals surface area contributed by atoms with Gasteiger partial charge in [0.05, 0.1) is 18.6 Å². The molecule has 1 N–H and O–H groups in total. The average Bonchev–Trinajstić information content (AvgIpc) is 3.13. The quantitative estimate of drug-likeness (QED) is 0.776. The normalized spacial score (nSPS) is 18.4. The summed E-state index contributed by atoms with van der Waals surface area (Å²) in [6, 6.07) is 5.43. The lowest BCUT2D eigenvalue weighted by Gasteiger charge is -2.34. The number of ether oxygens (including phenoxy) is 3. The third kappa shape index (κ3) is 4.27. The van der Waals surface area contributed by atoms with E-state index in [0.29, 0.717) is 18.9 Å². The molecule has 0 spiro atoms. The van der Waals surface area contributed by atoms with Crippen LogP contribution in [0.1, 0.15) is 32.3 Å². The van der Waals surface area contributed by atoms with E-state index in [1.165, 1.54) is 0 Å². The van der Waals surface area contributed by atoms with Gasteiger partial charge in [0.2, 0.25) is 12.7 Å². The van der Waals surface area contributed by atoms with Gasteiger partial charge < -0.3 is 19.5 Å². The van der Waals surface area contributed by atoms with Crippen LogP contribution in [0.4, 0.5) is 0 Å². The largest absolute Gasteiger partial charge is 0.466 e. The Morgan fingerprint density at radius 1 is 1.27 bits per heavy atom. The van der Waals surface area contributed by atoms with Crippen LogP contribution < -0.4 is 14.8 Å². The number of carbonyl (C=O) groups is 2. The number of fused-ring (bicyclic) bond motifs is 1. The maximum atomic E-state index is 12.5. The molecule has 26 heavy (non-hydrogen) atoms. The number of piperidine rings is 1. The van der Waals surface area contributed by atoms with Gasteiger partial charge in [-0.15, -0.1) is 0 Å². The standard InChI is InChI=1S/C19H26N2O5/c1-3-24-19(23)15-6-8-21(9-7-15)13(2)18(22)20-11-14-4-5-16-17(10-14)26-12-25-16/h4-5,10,13,15H,3,6-9,11-12H2,1-2H3,(H,20,22)/t13-/m0/s1. The van der Waals surface area contributed by atoms with Crippen molar-refractivity contribution in [2.45, 2.75) is 39.3 Å². The van der Waals surface area contributed by atoms with E-state index in [4.69, 9.17) is 14.2 Å². The van der Waals surface area contributed by atoms with Crippen LogP contribution >= 0.6 is 0 Å². The van der Waals surface area contributed by atoms with Crippen LogP contribution in [0, 0.1) is 5.92 Å². The number of nitrogens with one attached hydrogen (secondary N) is 1. The SMILES string of the molecule is CCOC(=O)C1CCN([C@@H](C)C(=O)NCc2ccc3c(c2)OCO3)CC1. The summed E-state index contributed by atoms with van der Waals surface area (Å²) in [4.78, 5) is 26.4. The fraction of sp³-hybridized carbons (Fsp3) is 0.579. The zero-order valence-electron chi connectivity index (χ0n) is 15.3. The molecule has 2 aliphatic rings. The van der Waals surface area contributed by atoms with Crippen LogP contribution in [-0.4, -0.2) is 49.3 Å². The van der Waals surface area contributed by atoms with Crippen LogP contribution in [0.25, 0.3) is 0 Å². The van der Waals surface area contributed by atoms with Crippen LogP contribution in [0.5, 0.6) is 11.5 Å². The predicted octanol–water partition coefficient (Wildman–Crippen LogP) is 1.70. The van der Waals surface area contributed by atoms with Crippen LogP contribution in [-0.2, 0) is 20.9 Å². The molecule has 1 atom stereocenters. The molecule has 0 aromatic heterocycles. The van der Waals surface area contributed by atoms with Gasteiger partial charge >= 0.3 is 5.97 Å². The van der Waals surface area contributed by atoms with Crippen LogP contribution in [0.3, 0.4) is 0 Å². The second kappa shape index (κ2) is 8.40. The molecule has 3 rings (SSSR count). The second-order valence-electron chi connectivity index (χ2n) is 6.64. The zero-order valence-corrected chi connectivity index (χ0v) is 15.3.